The van der Waals surface area contributed by atoms with Gasteiger partial charge in [0, 0.05) is 39.3 Å². The van der Waals surface area contributed by atoms with E-state index >= 15 is 0 Å². The molecule has 0 spiro atoms. The number of rotatable bonds is 6. The molecule has 146 valence electrons. The summed E-state index contributed by atoms with van der Waals surface area (Å²) in [4.78, 5) is 18.5. The first-order chi connectivity index (χ1) is 12.0. The third-order valence-corrected chi connectivity index (χ3v) is 4.71. The molecule has 1 aromatic carbocycles. The van der Waals surface area contributed by atoms with Crippen LogP contribution in [0.25, 0.3) is 0 Å². The number of amides is 1. The molecule has 1 heterocycles. The van der Waals surface area contributed by atoms with Gasteiger partial charge >= 0.3 is 0 Å². The predicted octanol–water partition coefficient (Wildman–Crippen LogP) is 3.15. The fraction of sp³-hybridized carbons (Fsp3) is 0.600. The van der Waals surface area contributed by atoms with Crippen molar-refractivity contribution < 1.29 is 4.79 Å². The van der Waals surface area contributed by atoms with E-state index in [2.05, 4.69) is 40.4 Å². The summed E-state index contributed by atoms with van der Waals surface area (Å²) in [7, 11) is 3.51. The van der Waals surface area contributed by atoms with Crippen molar-refractivity contribution in [1.29, 1.82) is 0 Å². The zero-order valence-corrected chi connectivity index (χ0v) is 18.7. The van der Waals surface area contributed by atoms with Crippen LogP contribution >= 0.6 is 24.0 Å². The fourth-order valence-corrected chi connectivity index (χ4v) is 3.55. The van der Waals surface area contributed by atoms with Crippen LogP contribution in [0.3, 0.4) is 0 Å². The molecular weight excluding hydrogens is 439 g/mol. The lowest BCUT2D eigenvalue weighted by Crippen LogP contribution is -2.40. The number of hydrogen-bond donors (Lipinski definition) is 2. The molecule has 1 amide bonds. The van der Waals surface area contributed by atoms with Gasteiger partial charge in [0.15, 0.2) is 5.96 Å². The van der Waals surface area contributed by atoms with E-state index in [0.717, 1.165) is 49.4 Å². The van der Waals surface area contributed by atoms with Crippen molar-refractivity contribution in [2.24, 2.45) is 16.8 Å². The molecule has 2 rings (SSSR count). The van der Waals surface area contributed by atoms with E-state index in [1.54, 1.807) is 7.05 Å². The van der Waals surface area contributed by atoms with E-state index in [9.17, 15) is 4.79 Å². The number of nitrogens with zero attached hydrogens (tertiary/aromatic N) is 2. The third kappa shape index (κ3) is 6.78. The van der Waals surface area contributed by atoms with Crippen LogP contribution in [0.4, 0.5) is 0 Å². The highest BCUT2D eigenvalue weighted by Gasteiger charge is 2.25. The molecular formula is C20H33IN4O. The van der Waals surface area contributed by atoms with Crippen molar-refractivity contribution in [3.63, 3.8) is 0 Å². The Morgan fingerprint density at radius 1 is 1.38 bits per heavy atom. The Morgan fingerprint density at radius 2 is 2.15 bits per heavy atom. The fourth-order valence-electron chi connectivity index (χ4n) is 3.55. The van der Waals surface area contributed by atoms with Gasteiger partial charge < -0.3 is 15.5 Å². The Morgan fingerprint density at radius 3 is 2.81 bits per heavy atom. The van der Waals surface area contributed by atoms with Gasteiger partial charge in [-0.15, -0.1) is 24.0 Å². The largest absolute Gasteiger partial charge is 0.356 e. The number of nitrogens with one attached hydrogen (secondary N) is 2. The lowest BCUT2D eigenvalue weighted by molar-refractivity contribution is 0.0963. The van der Waals surface area contributed by atoms with Crippen LogP contribution in [-0.2, 0) is 6.42 Å². The average Bonchev–Trinajstić information content (AvgIpc) is 3.05. The number of carbonyl (C=O) groups excluding carboxylic acids is 1. The minimum absolute atomic E-state index is 0. The molecule has 2 N–H and O–H groups in total. The van der Waals surface area contributed by atoms with Crippen LogP contribution in [0.15, 0.2) is 29.3 Å². The predicted molar refractivity (Wildman–Crippen MR) is 119 cm³/mol. The van der Waals surface area contributed by atoms with Crippen LogP contribution in [-0.4, -0.2) is 50.5 Å². The summed E-state index contributed by atoms with van der Waals surface area (Å²) in [6.07, 6.45) is 3.42. The molecule has 1 atom stereocenters. The van der Waals surface area contributed by atoms with Gasteiger partial charge in [-0.25, -0.2) is 0 Å². The highest BCUT2D eigenvalue weighted by Crippen LogP contribution is 2.23. The number of hydrogen-bond acceptors (Lipinski definition) is 2. The molecule has 1 fully saturated rings. The molecule has 1 aliphatic rings. The Bertz CT molecular complexity index is 603. The summed E-state index contributed by atoms with van der Waals surface area (Å²) in [5.74, 6) is 2.49. The van der Waals surface area contributed by atoms with Crippen molar-refractivity contribution >= 4 is 35.8 Å². The van der Waals surface area contributed by atoms with E-state index in [1.165, 1.54) is 12.8 Å². The van der Waals surface area contributed by atoms with Crippen LogP contribution in [0.5, 0.6) is 0 Å². The number of likely N-dealkylation sites (tertiary alicyclic amines) is 1. The smallest absolute Gasteiger partial charge is 0.251 e. The molecule has 0 aromatic heterocycles. The maximum absolute atomic E-state index is 11.7. The topological polar surface area (TPSA) is 56.7 Å². The quantitative estimate of drug-likeness (QED) is 0.380. The zero-order valence-electron chi connectivity index (χ0n) is 16.4. The van der Waals surface area contributed by atoms with Crippen LogP contribution in [0.1, 0.15) is 42.6 Å². The number of benzene rings is 1. The number of aliphatic imine (C=N–C) groups is 1. The summed E-state index contributed by atoms with van der Waals surface area (Å²) in [5, 5.41) is 6.14. The maximum Gasteiger partial charge on any atom is 0.251 e. The molecule has 1 aliphatic heterocycles. The van der Waals surface area contributed by atoms with Crippen LogP contribution < -0.4 is 10.6 Å². The zero-order chi connectivity index (χ0) is 18.2. The molecule has 0 bridgehead atoms. The Labute approximate surface area is 175 Å². The van der Waals surface area contributed by atoms with E-state index < -0.39 is 0 Å². The van der Waals surface area contributed by atoms with E-state index in [4.69, 9.17) is 0 Å². The van der Waals surface area contributed by atoms with E-state index in [1.807, 2.05) is 25.2 Å². The number of guanidine groups is 1. The second kappa shape index (κ2) is 11.4. The van der Waals surface area contributed by atoms with Gasteiger partial charge in [-0.3, -0.25) is 9.79 Å². The molecule has 1 saturated heterocycles. The highest BCUT2D eigenvalue weighted by atomic mass is 127. The summed E-state index contributed by atoms with van der Waals surface area (Å²) >= 11 is 0. The molecule has 26 heavy (non-hydrogen) atoms. The molecule has 0 saturated carbocycles. The first-order valence-corrected chi connectivity index (χ1v) is 9.30. The van der Waals surface area contributed by atoms with Crippen molar-refractivity contribution in [2.75, 3.05) is 33.7 Å². The minimum Gasteiger partial charge on any atom is -0.356 e. The summed E-state index contributed by atoms with van der Waals surface area (Å²) in [6.45, 7) is 7.59. The normalized spacial score (nSPS) is 17.2. The summed E-state index contributed by atoms with van der Waals surface area (Å²) in [5.41, 5.74) is 1.86. The van der Waals surface area contributed by atoms with E-state index in [0.29, 0.717) is 5.56 Å². The molecule has 0 radical (unpaired) electrons. The monoisotopic (exact) mass is 472 g/mol. The van der Waals surface area contributed by atoms with Crippen molar-refractivity contribution in [3.8, 4) is 0 Å². The second-order valence-electron chi connectivity index (χ2n) is 7.23. The molecule has 0 aliphatic carbocycles. The van der Waals surface area contributed by atoms with Gasteiger partial charge in [0.25, 0.3) is 5.91 Å². The Balaban J connectivity index is 0.00000338. The van der Waals surface area contributed by atoms with Crippen LogP contribution in [0, 0.1) is 11.8 Å². The Hall–Kier alpha value is -1.31. The summed E-state index contributed by atoms with van der Waals surface area (Å²) < 4.78 is 0. The average molecular weight is 472 g/mol. The lowest BCUT2D eigenvalue weighted by Gasteiger charge is -2.22. The standard InChI is InChI=1S/C20H32N4O.HI/c1-15(2)12-17-9-11-24(14-17)20(22-4)23-10-8-16-6-5-7-18(13-16)19(25)21-3;/h5-7,13,15,17H,8-12,14H2,1-4H3,(H,21,25)(H,22,23);1H. The Kier molecular flexibility index (Phi) is 9.98. The maximum atomic E-state index is 11.7. The van der Waals surface area contributed by atoms with Gasteiger partial charge in [0.1, 0.15) is 0 Å². The number of carbonyl (C=O) groups is 1. The van der Waals surface area contributed by atoms with Crippen LogP contribution in [0.2, 0.25) is 0 Å². The third-order valence-electron chi connectivity index (χ3n) is 4.71. The minimum atomic E-state index is -0.0427. The van der Waals surface area contributed by atoms with Crippen molar-refractivity contribution in [3.05, 3.63) is 35.4 Å². The lowest BCUT2D eigenvalue weighted by atomic mass is 9.97. The first kappa shape index (κ1) is 22.7. The van der Waals surface area contributed by atoms with Crippen molar-refractivity contribution in [1.82, 2.24) is 15.5 Å². The van der Waals surface area contributed by atoms with Crippen molar-refractivity contribution in [2.45, 2.75) is 33.1 Å². The SMILES string of the molecule is CN=C(NCCc1cccc(C(=O)NC)c1)N1CCC(CC(C)C)C1.I. The van der Waals surface area contributed by atoms with Gasteiger partial charge in [-0.1, -0.05) is 26.0 Å². The van der Waals surface area contributed by atoms with Gasteiger partial charge in [-0.2, -0.15) is 0 Å². The molecule has 5 nitrogen and oxygen atoms in total. The first-order valence-electron chi connectivity index (χ1n) is 9.30. The molecule has 1 unspecified atom stereocenters. The molecule has 1 aromatic rings. The second-order valence-corrected chi connectivity index (χ2v) is 7.23. The highest BCUT2D eigenvalue weighted by molar-refractivity contribution is 14.0. The van der Waals surface area contributed by atoms with Gasteiger partial charge in [0.05, 0.1) is 0 Å². The summed E-state index contributed by atoms with van der Waals surface area (Å²) in [6, 6.07) is 7.79. The van der Waals surface area contributed by atoms with Gasteiger partial charge in [-0.05, 0) is 48.8 Å². The van der Waals surface area contributed by atoms with E-state index in [-0.39, 0.29) is 29.9 Å². The molecule has 6 heteroatoms. The van der Waals surface area contributed by atoms with Gasteiger partial charge in [0.2, 0.25) is 0 Å². The number of halogens is 1.